The molecule has 0 saturated carbocycles. The van der Waals surface area contributed by atoms with Crippen LogP contribution in [-0.2, 0) is 9.47 Å². The summed E-state index contributed by atoms with van der Waals surface area (Å²) in [6.07, 6.45) is -0.798. The van der Waals surface area contributed by atoms with Crippen LogP contribution in [0.15, 0.2) is 18.2 Å². The fraction of sp³-hybridized carbons (Fsp3) is 0.385. The van der Waals surface area contributed by atoms with Crippen molar-refractivity contribution in [1.82, 2.24) is 0 Å². The molecule has 6 heteroatoms. The second-order valence-corrected chi connectivity index (χ2v) is 4.81. The van der Waals surface area contributed by atoms with Crippen molar-refractivity contribution < 1.29 is 23.5 Å². The lowest BCUT2D eigenvalue weighted by Gasteiger charge is -2.19. The zero-order valence-electron chi connectivity index (χ0n) is 11.2. The van der Waals surface area contributed by atoms with Gasteiger partial charge in [-0.25, -0.2) is 14.0 Å². The first-order chi connectivity index (χ1) is 8.73. The van der Waals surface area contributed by atoms with Crippen LogP contribution in [0.25, 0.3) is 0 Å². The number of benzene rings is 1. The highest BCUT2D eigenvalue weighted by atomic mass is 19.1. The molecule has 0 bridgehead atoms. The maximum atomic E-state index is 13.5. The van der Waals surface area contributed by atoms with E-state index in [-0.39, 0.29) is 11.3 Å². The smallest absolute Gasteiger partial charge is 0.412 e. The van der Waals surface area contributed by atoms with Crippen LogP contribution in [0.5, 0.6) is 0 Å². The number of carbonyl (C=O) groups excluding carboxylic acids is 2. The molecule has 19 heavy (non-hydrogen) atoms. The Hall–Kier alpha value is -2.11. The van der Waals surface area contributed by atoms with Crippen LogP contribution in [0.1, 0.15) is 31.1 Å². The van der Waals surface area contributed by atoms with E-state index >= 15 is 0 Å². The summed E-state index contributed by atoms with van der Waals surface area (Å²) in [7, 11) is 1.21. The molecule has 1 aromatic rings. The number of methoxy groups -OCH3 is 1. The van der Waals surface area contributed by atoms with Gasteiger partial charge >= 0.3 is 12.1 Å². The van der Waals surface area contributed by atoms with Crippen molar-refractivity contribution in [3.8, 4) is 0 Å². The standard InChI is InChI=1S/C13H16FNO4/c1-13(2,3)19-12(17)15-10-7-8(11(16)18-4)5-6-9(10)14/h5-7H,1-4H3,(H,15,17). The van der Waals surface area contributed by atoms with Crippen molar-refractivity contribution in [3.05, 3.63) is 29.6 Å². The first-order valence-corrected chi connectivity index (χ1v) is 5.61. The highest BCUT2D eigenvalue weighted by Gasteiger charge is 2.18. The summed E-state index contributed by atoms with van der Waals surface area (Å²) in [4.78, 5) is 22.8. The lowest BCUT2D eigenvalue weighted by atomic mass is 10.2. The molecule has 0 fully saturated rings. The Morgan fingerprint density at radius 2 is 1.89 bits per heavy atom. The van der Waals surface area contributed by atoms with E-state index in [9.17, 15) is 14.0 Å². The number of rotatable bonds is 2. The molecular formula is C13H16FNO4. The van der Waals surface area contributed by atoms with E-state index in [2.05, 4.69) is 10.1 Å². The highest BCUT2D eigenvalue weighted by Crippen LogP contribution is 2.18. The fourth-order valence-corrected chi connectivity index (χ4v) is 1.28. The van der Waals surface area contributed by atoms with E-state index in [0.717, 1.165) is 6.07 Å². The average molecular weight is 269 g/mol. The highest BCUT2D eigenvalue weighted by molar-refractivity contribution is 5.92. The minimum atomic E-state index is -0.798. The zero-order chi connectivity index (χ0) is 14.6. The SMILES string of the molecule is COC(=O)c1ccc(F)c(NC(=O)OC(C)(C)C)c1. The van der Waals surface area contributed by atoms with Gasteiger partial charge in [0.25, 0.3) is 0 Å². The number of carbonyl (C=O) groups is 2. The van der Waals surface area contributed by atoms with Gasteiger partial charge in [0.1, 0.15) is 11.4 Å². The molecule has 0 heterocycles. The van der Waals surface area contributed by atoms with Crippen LogP contribution < -0.4 is 5.32 Å². The van der Waals surface area contributed by atoms with Gasteiger partial charge in [0.15, 0.2) is 0 Å². The Labute approximate surface area is 110 Å². The van der Waals surface area contributed by atoms with Gasteiger partial charge < -0.3 is 9.47 Å². The third kappa shape index (κ3) is 4.57. The van der Waals surface area contributed by atoms with E-state index < -0.39 is 23.5 Å². The number of halogens is 1. The Balaban J connectivity index is 2.88. The normalized spacial score (nSPS) is 10.8. The summed E-state index contributed by atoms with van der Waals surface area (Å²) >= 11 is 0. The summed E-state index contributed by atoms with van der Waals surface area (Å²) in [5, 5.41) is 2.24. The van der Waals surface area contributed by atoms with Crippen molar-refractivity contribution >= 4 is 17.7 Å². The van der Waals surface area contributed by atoms with Gasteiger partial charge in [-0.3, -0.25) is 5.32 Å². The molecule has 0 unspecified atom stereocenters. The van der Waals surface area contributed by atoms with E-state index in [4.69, 9.17) is 4.74 Å². The molecule has 0 atom stereocenters. The summed E-state index contributed by atoms with van der Waals surface area (Å²) in [5.74, 6) is -1.29. The van der Waals surface area contributed by atoms with Gasteiger partial charge in [-0.1, -0.05) is 0 Å². The number of hydrogen-bond acceptors (Lipinski definition) is 4. The lowest BCUT2D eigenvalue weighted by molar-refractivity contribution is 0.0596. The van der Waals surface area contributed by atoms with Gasteiger partial charge in [-0.05, 0) is 39.0 Å². The molecule has 1 rings (SSSR count). The Kier molecular flexibility index (Phi) is 4.47. The number of ether oxygens (including phenoxy) is 2. The predicted molar refractivity (Wildman–Crippen MR) is 67.6 cm³/mol. The van der Waals surface area contributed by atoms with Crippen molar-refractivity contribution in [2.75, 3.05) is 12.4 Å². The van der Waals surface area contributed by atoms with Gasteiger partial charge in [0.2, 0.25) is 0 Å². The molecule has 104 valence electrons. The van der Waals surface area contributed by atoms with Crippen molar-refractivity contribution in [1.29, 1.82) is 0 Å². The van der Waals surface area contributed by atoms with Gasteiger partial charge in [0, 0.05) is 0 Å². The maximum Gasteiger partial charge on any atom is 0.412 e. The summed E-state index contributed by atoms with van der Waals surface area (Å²) in [5.41, 5.74) is -0.701. The van der Waals surface area contributed by atoms with Crippen LogP contribution in [0.2, 0.25) is 0 Å². The fourth-order valence-electron chi connectivity index (χ4n) is 1.28. The molecule has 0 saturated heterocycles. The lowest BCUT2D eigenvalue weighted by Crippen LogP contribution is -2.27. The minimum Gasteiger partial charge on any atom is -0.465 e. The molecule has 1 aromatic carbocycles. The molecule has 0 radical (unpaired) electrons. The predicted octanol–water partition coefficient (Wildman–Crippen LogP) is 2.96. The van der Waals surface area contributed by atoms with E-state index in [0.29, 0.717) is 0 Å². The summed E-state index contributed by atoms with van der Waals surface area (Å²) in [6, 6.07) is 3.52. The number of nitrogens with one attached hydrogen (secondary N) is 1. The molecule has 1 amide bonds. The molecule has 0 aliphatic carbocycles. The van der Waals surface area contributed by atoms with Crippen LogP contribution in [0.3, 0.4) is 0 Å². The van der Waals surface area contributed by atoms with Crippen LogP contribution in [-0.4, -0.2) is 24.8 Å². The first-order valence-electron chi connectivity index (χ1n) is 5.61. The van der Waals surface area contributed by atoms with Crippen LogP contribution >= 0.6 is 0 Å². The number of esters is 1. The van der Waals surface area contributed by atoms with E-state index in [1.165, 1.54) is 19.2 Å². The average Bonchev–Trinajstić information content (AvgIpc) is 2.28. The molecule has 5 nitrogen and oxygen atoms in total. The second kappa shape index (κ2) is 5.69. The van der Waals surface area contributed by atoms with Crippen molar-refractivity contribution in [2.24, 2.45) is 0 Å². The van der Waals surface area contributed by atoms with E-state index in [1.54, 1.807) is 20.8 Å². The van der Waals surface area contributed by atoms with E-state index in [1.807, 2.05) is 0 Å². The molecule has 0 aliphatic heterocycles. The quantitative estimate of drug-likeness (QED) is 0.838. The molecule has 0 aromatic heterocycles. The minimum absolute atomic E-state index is 0.134. The van der Waals surface area contributed by atoms with Crippen LogP contribution in [0.4, 0.5) is 14.9 Å². The molecular weight excluding hydrogens is 253 g/mol. The third-order valence-corrected chi connectivity index (χ3v) is 2.02. The third-order valence-electron chi connectivity index (χ3n) is 2.02. The molecule has 1 N–H and O–H groups in total. The van der Waals surface area contributed by atoms with Crippen molar-refractivity contribution in [3.63, 3.8) is 0 Å². The Morgan fingerprint density at radius 3 is 2.42 bits per heavy atom. The topological polar surface area (TPSA) is 64.6 Å². The summed E-state index contributed by atoms with van der Waals surface area (Å²) < 4.78 is 23.0. The largest absolute Gasteiger partial charge is 0.465 e. The second-order valence-electron chi connectivity index (χ2n) is 4.81. The van der Waals surface area contributed by atoms with Gasteiger partial charge in [-0.2, -0.15) is 0 Å². The number of amides is 1. The van der Waals surface area contributed by atoms with Crippen LogP contribution in [0, 0.1) is 5.82 Å². The summed E-state index contributed by atoms with van der Waals surface area (Å²) in [6.45, 7) is 5.06. The van der Waals surface area contributed by atoms with Gasteiger partial charge in [0.05, 0.1) is 18.4 Å². The number of anilines is 1. The maximum absolute atomic E-state index is 13.5. The molecule has 0 spiro atoms. The first kappa shape index (κ1) is 14.9. The monoisotopic (exact) mass is 269 g/mol. The molecule has 0 aliphatic rings. The number of hydrogen-bond donors (Lipinski definition) is 1. The van der Waals surface area contributed by atoms with Crippen molar-refractivity contribution in [2.45, 2.75) is 26.4 Å². The zero-order valence-corrected chi connectivity index (χ0v) is 11.2. The Morgan fingerprint density at radius 1 is 1.26 bits per heavy atom. The Bertz CT molecular complexity index is 494. The van der Waals surface area contributed by atoms with Gasteiger partial charge in [-0.15, -0.1) is 0 Å².